The summed E-state index contributed by atoms with van der Waals surface area (Å²) in [7, 11) is 0. The smallest absolute Gasteiger partial charge is 0.138 e. The fourth-order valence-electron chi connectivity index (χ4n) is 2.19. The van der Waals surface area contributed by atoms with Crippen molar-refractivity contribution in [2.75, 3.05) is 0 Å². The van der Waals surface area contributed by atoms with Crippen molar-refractivity contribution in [3.05, 3.63) is 71.2 Å². The quantitative estimate of drug-likeness (QED) is 0.647. The van der Waals surface area contributed by atoms with Gasteiger partial charge in [0.15, 0.2) is 0 Å². The van der Waals surface area contributed by atoms with E-state index in [0.29, 0.717) is 0 Å². The molecule has 0 amide bonds. The van der Waals surface area contributed by atoms with Gasteiger partial charge in [0.2, 0.25) is 0 Å². The third-order valence-electron chi connectivity index (χ3n) is 3.23. The molecule has 3 aromatic heterocycles. The van der Waals surface area contributed by atoms with E-state index in [1.807, 2.05) is 61.9 Å². The van der Waals surface area contributed by atoms with E-state index in [-0.39, 0.29) is 0 Å². The van der Waals surface area contributed by atoms with Crippen molar-refractivity contribution in [1.29, 1.82) is 0 Å². The van der Waals surface area contributed by atoms with Gasteiger partial charge in [0.25, 0.3) is 0 Å². The molecule has 0 aromatic carbocycles. The molecule has 0 spiro atoms. The van der Waals surface area contributed by atoms with Crippen LogP contribution in [0.3, 0.4) is 0 Å². The van der Waals surface area contributed by atoms with Crippen LogP contribution in [0.4, 0.5) is 0 Å². The van der Waals surface area contributed by atoms with Gasteiger partial charge in [-0.1, -0.05) is 12.0 Å². The van der Waals surface area contributed by atoms with Crippen molar-refractivity contribution in [3.8, 4) is 17.7 Å². The summed E-state index contributed by atoms with van der Waals surface area (Å²) in [6, 6.07) is 9.78. The van der Waals surface area contributed by atoms with E-state index in [1.165, 1.54) is 0 Å². The lowest BCUT2D eigenvalue weighted by atomic mass is 10.2. The lowest BCUT2D eigenvalue weighted by Gasteiger charge is -2.03. The zero-order valence-electron chi connectivity index (χ0n) is 12.8. The van der Waals surface area contributed by atoms with Gasteiger partial charge in [0, 0.05) is 29.3 Å². The largest absolute Gasteiger partial charge is 0.287 e. The molecule has 4 heteroatoms. The second-order valence-electron chi connectivity index (χ2n) is 5.12. The van der Waals surface area contributed by atoms with E-state index in [4.69, 9.17) is 0 Å². The monoisotopic (exact) mass is 288 g/mol. The topological polar surface area (TPSA) is 43.6 Å². The molecule has 0 aliphatic heterocycles. The van der Waals surface area contributed by atoms with Gasteiger partial charge in [0.1, 0.15) is 17.3 Å². The molecular formula is C18H16N4. The summed E-state index contributed by atoms with van der Waals surface area (Å²) >= 11 is 0. The number of hydrogen-bond acceptors (Lipinski definition) is 3. The Hall–Kier alpha value is -2.93. The fourth-order valence-corrected chi connectivity index (χ4v) is 2.19. The number of nitrogens with zero attached hydrogens (tertiary/aromatic N) is 4. The number of rotatable bonds is 1. The molecule has 3 aromatic rings. The van der Waals surface area contributed by atoms with Gasteiger partial charge >= 0.3 is 0 Å². The molecule has 0 atom stereocenters. The molecule has 0 saturated heterocycles. The summed E-state index contributed by atoms with van der Waals surface area (Å²) in [5.41, 5.74) is 3.60. The summed E-state index contributed by atoms with van der Waals surface area (Å²) < 4.78 is 1.95. The number of aryl methyl sites for hydroxylation is 3. The normalized spacial score (nSPS) is 10.1. The van der Waals surface area contributed by atoms with Crippen LogP contribution in [-0.2, 0) is 0 Å². The van der Waals surface area contributed by atoms with Gasteiger partial charge in [-0.05, 0) is 51.0 Å². The molecular weight excluding hydrogens is 272 g/mol. The van der Waals surface area contributed by atoms with Crippen LogP contribution in [0.2, 0.25) is 0 Å². The molecule has 0 aliphatic carbocycles. The third kappa shape index (κ3) is 3.04. The van der Waals surface area contributed by atoms with Crippen LogP contribution >= 0.6 is 0 Å². The van der Waals surface area contributed by atoms with Gasteiger partial charge in [-0.2, -0.15) is 0 Å². The fraction of sp³-hybridized carbons (Fsp3) is 0.167. The SMILES string of the molecule is Cc1cc(C#Cc2cn(-c3cccc(C)n3)c(C)n2)ccn1. The van der Waals surface area contributed by atoms with E-state index >= 15 is 0 Å². The Labute approximate surface area is 129 Å². The van der Waals surface area contributed by atoms with Crippen molar-refractivity contribution >= 4 is 0 Å². The van der Waals surface area contributed by atoms with Gasteiger partial charge in [-0.15, -0.1) is 0 Å². The maximum absolute atomic E-state index is 4.51. The standard InChI is InChI=1S/C18H16N4/c1-13-5-4-6-18(20-13)22-12-17(21-15(22)3)8-7-16-9-10-19-14(2)11-16/h4-6,9-12H,1-3H3. The minimum absolute atomic E-state index is 0.732. The Bertz CT molecular complexity index is 881. The van der Waals surface area contributed by atoms with Crippen molar-refractivity contribution in [2.24, 2.45) is 0 Å². The van der Waals surface area contributed by atoms with Crippen molar-refractivity contribution in [2.45, 2.75) is 20.8 Å². The minimum Gasteiger partial charge on any atom is -0.287 e. The van der Waals surface area contributed by atoms with Crippen LogP contribution in [0.15, 0.2) is 42.7 Å². The van der Waals surface area contributed by atoms with Gasteiger partial charge in [-0.3, -0.25) is 9.55 Å². The third-order valence-corrected chi connectivity index (χ3v) is 3.23. The van der Waals surface area contributed by atoms with Gasteiger partial charge < -0.3 is 0 Å². The van der Waals surface area contributed by atoms with Crippen LogP contribution < -0.4 is 0 Å². The number of pyridine rings is 2. The summed E-state index contributed by atoms with van der Waals surface area (Å²) in [4.78, 5) is 13.2. The summed E-state index contributed by atoms with van der Waals surface area (Å²) in [6.45, 7) is 5.88. The highest BCUT2D eigenvalue weighted by atomic mass is 15.1. The minimum atomic E-state index is 0.732. The maximum Gasteiger partial charge on any atom is 0.138 e. The molecule has 3 rings (SSSR count). The van der Waals surface area contributed by atoms with Gasteiger partial charge in [-0.25, -0.2) is 9.97 Å². The molecule has 0 bridgehead atoms. The first kappa shape index (κ1) is 14.0. The van der Waals surface area contributed by atoms with Crippen molar-refractivity contribution in [3.63, 3.8) is 0 Å². The molecule has 0 unspecified atom stereocenters. The second-order valence-corrected chi connectivity index (χ2v) is 5.12. The lowest BCUT2D eigenvalue weighted by molar-refractivity contribution is 0.922. The molecule has 0 radical (unpaired) electrons. The lowest BCUT2D eigenvalue weighted by Crippen LogP contribution is -1.99. The zero-order chi connectivity index (χ0) is 15.5. The Morgan fingerprint density at radius 3 is 2.59 bits per heavy atom. The number of hydrogen-bond donors (Lipinski definition) is 0. The van der Waals surface area contributed by atoms with Crippen molar-refractivity contribution in [1.82, 2.24) is 19.5 Å². The molecule has 0 aliphatic rings. The highest BCUT2D eigenvalue weighted by Crippen LogP contribution is 2.10. The molecule has 108 valence electrons. The molecule has 0 saturated carbocycles. The van der Waals surface area contributed by atoms with Crippen LogP contribution in [-0.4, -0.2) is 19.5 Å². The molecule has 4 nitrogen and oxygen atoms in total. The molecule has 3 heterocycles. The van der Waals surface area contributed by atoms with Crippen LogP contribution in [0.5, 0.6) is 0 Å². The summed E-state index contributed by atoms with van der Waals surface area (Å²) in [5.74, 6) is 7.94. The van der Waals surface area contributed by atoms with E-state index in [0.717, 1.165) is 34.3 Å². The summed E-state index contributed by atoms with van der Waals surface area (Å²) in [5, 5.41) is 0. The summed E-state index contributed by atoms with van der Waals surface area (Å²) in [6.07, 6.45) is 3.68. The first-order valence-corrected chi connectivity index (χ1v) is 7.06. The first-order valence-electron chi connectivity index (χ1n) is 7.06. The number of aromatic nitrogens is 4. The Morgan fingerprint density at radius 1 is 0.955 bits per heavy atom. The van der Waals surface area contributed by atoms with E-state index < -0.39 is 0 Å². The molecule has 0 N–H and O–H groups in total. The Morgan fingerprint density at radius 2 is 1.82 bits per heavy atom. The van der Waals surface area contributed by atoms with E-state index in [9.17, 15) is 0 Å². The number of imidazole rings is 1. The maximum atomic E-state index is 4.51. The average molecular weight is 288 g/mol. The Kier molecular flexibility index (Phi) is 3.71. The second kappa shape index (κ2) is 5.82. The van der Waals surface area contributed by atoms with Crippen molar-refractivity contribution < 1.29 is 0 Å². The molecule has 0 fully saturated rings. The van der Waals surface area contributed by atoms with Crippen LogP contribution in [0.1, 0.15) is 28.5 Å². The first-order chi connectivity index (χ1) is 10.6. The average Bonchev–Trinajstić information content (AvgIpc) is 2.86. The Balaban J connectivity index is 1.93. The van der Waals surface area contributed by atoms with E-state index in [1.54, 1.807) is 6.20 Å². The predicted octanol–water partition coefficient (Wildman–Crippen LogP) is 2.99. The predicted molar refractivity (Wildman–Crippen MR) is 85.8 cm³/mol. The zero-order valence-corrected chi connectivity index (χ0v) is 12.8. The van der Waals surface area contributed by atoms with Gasteiger partial charge in [0.05, 0.1) is 0 Å². The van der Waals surface area contributed by atoms with Crippen LogP contribution in [0, 0.1) is 32.6 Å². The highest BCUT2D eigenvalue weighted by molar-refractivity contribution is 5.41. The van der Waals surface area contributed by atoms with E-state index in [2.05, 4.69) is 26.8 Å². The highest BCUT2D eigenvalue weighted by Gasteiger charge is 2.05. The van der Waals surface area contributed by atoms with Crippen LogP contribution in [0.25, 0.3) is 5.82 Å². The molecule has 22 heavy (non-hydrogen) atoms.